The highest BCUT2D eigenvalue weighted by molar-refractivity contribution is 5.96. The van der Waals surface area contributed by atoms with E-state index in [1.54, 1.807) is 9.91 Å². The standard InChI is InChI=1S/C12H15N3O3/c1-13-7-14(6-8-2-3-8)12(18)10-11(17)9(16)4-5-15(10)13/h4-5,8,17H,2-3,6-7H2,1H3. The Labute approximate surface area is 104 Å². The second-order valence-electron chi connectivity index (χ2n) is 4.99. The molecule has 1 aromatic rings. The van der Waals surface area contributed by atoms with Crippen molar-refractivity contribution in [3.63, 3.8) is 0 Å². The van der Waals surface area contributed by atoms with E-state index in [4.69, 9.17) is 0 Å². The van der Waals surface area contributed by atoms with Crippen molar-refractivity contribution in [3.8, 4) is 5.75 Å². The Morgan fingerprint density at radius 3 is 2.78 bits per heavy atom. The fraction of sp³-hybridized carbons (Fsp3) is 0.500. The summed E-state index contributed by atoms with van der Waals surface area (Å²) in [5.41, 5.74) is -0.451. The minimum Gasteiger partial charge on any atom is -0.502 e. The molecule has 1 amide bonds. The van der Waals surface area contributed by atoms with Crippen LogP contribution in [-0.2, 0) is 0 Å². The van der Waals surface area contributed by atoms with Gasteiger partial charge in [-0.05, 0) is 18.8 Å². The van der Waals surface area contributed by atoms with Gasteiger partial charge in [0, 0.05) is 25.9 Å². The number of hydrogen-bond acceptors (Lipinski definition) is 4. The van der Waals surface area contributed by atoms with Gasteiger partial charge in [0.1, 0.15) is 6.67 Å². The predicted octanol–water partition coefficient (Wildman–Crippen LogP) is -0.0550. The number of rotatable bonds is 2. The summed E-state index contributed by atoms with van der Waals surface area (Å²) in [5.74, 6) is -0.156. The fourth-order valence-corrected chi connectivity index (χ4v) is 2.28. The topological polar surface area (TPSA) is 65.8 Å². The lowest BCUT2D eigenvalue weighted by atomic mass is 10.2. The lowest BCUT2D eigenvalue weighted by Crippen LogP contribution is -2.52. The number of hydrogen-bond donors (Lipinski definition) is 1. The van der Waals surface area contributed by atoms with E-state index in [2.05, 4.69) is 0 Å². The van der Waals surface area contributed by atoms with Crippen molar-refractivity contribution in [2.75, 3.05) is 25.3 Å². The van der Waals surface area contributed by atoms with Gasteiger partial charge in [-0.2, -0.15) is 0 Å². The third-order valence-electron chi connectivity index (χ3n) is 3.46. The molecule has 0 radical (unpaired) electrons. The summed E-state index contributed by atoms with van der Waals surface area (Å²) in [6, 6.07) is 1.26. The first-order valence-electron chi connectivity index (χ1n) is 6.03. The summed E-state index contributed by atoms with van der Waals surface area (Å²) in [6.45, 7) is 1.18. The van der Waals surface area contributed by atoms with Gasteiger partial charge in [0.15, 0.2) is 11.4 Å². The molecule has 1 aliphatic carbocycles. The van der Waals surface area contributed by atoms with Gasteiger partial charge in [0.05, 0.1) is 0 Å². The highest BCUT2D eigenvalue weighted by atomic mass is 16.3. The molecule has 1 fully saturated rings. The molecule has 0 saturated heterocycles. The van der Waals surface area contributed by atoms with Crippen LogP contribution < -0.4 is 10.4 Å². The minimum atomic E-state index is -0.517. The van der Waals surface area contributed by atoms with Gasteiger partial charge in [-0.15, -0.1) is 0 Å². The van der Waals surface area contributed by atoms with E-state index < -0.39 is 11.2 Å². The van der Waals surface area contributed by atoms with Gasteiger partial charge in [0.2, 0.25) is 5.43 Å². The first kappa shape index (κ1) is 11.1. The van der Waals surface area contributed by atoms with Crippen LogP contribution in [0.1, 0.15) is 23.3 Å². The molecule has 1 saturated carbocycles. The van der Waals surface area contributed by atoms with Crippen LogP contribution in [0.25, 0.3) is 0 Å². The molecular weight excluding hydrogens is 234 g/mol. The van der Waals surface area contributed by atoms with E-state index in [1.165, 1.54) is 16.9 Å². The van der Waals surface area contributed by atoms with Crippen molar-refractivity contribution in [2.24, 2.45) is 5.92 Å². The number of carbonyl (C=O) groups excluding carboxylic acids is 1. The van der Waals surface area contributed by atoms with Crippen molar-refractivity contribution in [1.29, 1.82) is 0 Å². The predicted molar refractivity (Wildman–Crippen MR) is 65.1 cm³/mol. The Bertz CT molecular complexity index is 562. The number of nitrogens with zero attached hydrogens (tertiary/aromatic N) is 3. The number of aromatic nitrogens is 1. The third kappa shape index (κ3) is 1.64. The fourth-order valence-electron chi connectivity index (χ4n) is 2.28. The number of amides is 1. The molecular formula is C12H15N3O3. The van der Waals surface area contributed by atoms with Gasteiger partial charge in [-0.3, -0.25) is 19.3 Å². The van der Waals surface area contributed by atoms with Crippen molar-refractivity contribution in [3.05, 3.63) is 28.2 Å². The highest BCUT2D eigenvalue weighted by Crippen LogP contribution is 2.31. The second-order valence-corrected chi connectivity index (χ2v) is 4.99. The molecule has 0 atom stereocenters. The van der Waals surface area contributed by atoms with Crippen LogP contribution in [-0.4, -0.2) is 40.9 Å². The Morgan fingerprint density at radius 1 is 1.39 bits per heavy atom. The first-order valence-corrected chi connectivity index (χ1v) is 6.03. The zero-order chi connectivity index (χ0) is 12.9. The molecule has 2 aliphatic rings. The Kier molecular flexibility index (Phi) is 2.33. The Balaban J connectivity index is 2.03. The number of aromatic hydroxyl groups is 1. The van der Waals surface area contributed by atoms with Gasteiger partial charge in [-0.25, -0.2) is 0 Å². The van der Waals surface area contributed by atoms with E-state index >= 15 is 0 Å². The second kappa shape index (κ2) is 3.76. The van der Waals surface area contributed by atoms with E-state index in [-0.39, 0.29) is 11.6 Å². The molecule has 2 heterocycles. The van der Waals surface area contributed by atoms with Crippen molar-refractivity contribution >= 4 is 5.91 Å². The SMILES string of the molecule is CN1CN(CC2CC2)C(=O)c2c(O)c(=O)ccn21. The zero-order valence-electron chi connectivity index (χ0n) is 10.2. The monoisotopic (exact) mass is 249 g/mol. The van der Waals surface area contributed by atoms with Gasteiger partial charge >= 0.3 is 0 Å². The zero-order valence-corrected chi connectivity index (χ0v) is 10.2. The lowest BCUT2D eigenvalue weighted by Gasteiger charge is -2.37. The quantitative estimate of drug-likeness (QED) is 0.797. The minimum absolute atomic E-state index is 0.0666. The van der Waals surface area contributed by atoms with E-state index in [0.717, 1.165) is 12.8 Å². The third-order valence-corrected chi connectivity index (χ3v) is 3.46. The smallest absolute Gasteiger partial charge is 0.277 e. The van der Waals surface area contributed by atoms with Crippen LogP contribution in [0.3, 0.4) is 0 Å². The van der Waals surface area contributed by atoms with E-state index in [0.29, 0.717) is 19.1 Å². The summed E-state index contributed by atoms with van der Waals surface area (Å²) in [6.07, 6.45) is 3.83. The van der Waals surface area contributed by atoms with Crippen molar-refractivity contribution in [2.45, 2.75) is 12.8 Å². The average molecular weight is 249 g/mol. The van der Waals surface area contributed by atoms with E-state index in [1.807, 2.05) is 7.05 Å². The van der Waals surface area contributed by atoms with Crippen LogP contribution in [0.5, 0.6) is 5.75 Å². The summed E-state index contributed by atoms with van der Waals surface area (Å²) < 4.78 is 1.53. The maximum atomic E-state index is 12.3. The number of fused-ring (bicyclic) bond motifs is 1. The molecule has 6 nitrogen and oxygen atoms in total. The highest BCUT2D eigenvalue weighted by Gasteiger charge is 2.34. The molecule has 1 N–H and O–H groups in total. The summed E-state index contributed by atoms with van der Waals surface area (Å²) >= 11 is 0. The van der Waals surface area contributed by atoms with Crippen LogP contribution in [0, 0.1) is 5.92 Å². The van der Waals surface area contributed by atoms with E-state index in [9.17, 15) is 14.7 Å². The molecule has 0 aromatic carbocycles. The molecule has 0 spiro atoms. The van der Waals surface area contributed by atoms with Gasteiger partial charge < -0.3 is 10.0 Å². The summed E-state index contributed by atoms with van der Waals surface area (Å²) in [4.78, 5) is 25.4. The van der Waals surface area contributed by atoms with Crippen molar-refractivity contribution < 1.29 is 9.90 Å². The van der Waals surface area contributed by atoms with Gasteiger partial charge in [-0.1, -0.05) is 0 Å². The molecule has 1 aliphatic heterocycles. The Morgan fingerprint density at radius 2 is 2.11 bits per heavy atom. The molecule has 3 rings (SSSR count). The molecule has 96 valence electrons. The maximum Gasteiger partial charge on any atom is 0.277 e. The number of carbonyl (C=O) groups is 1. The molecule has 0 bridgehead atoms. The molecule has 1 aromatic heterocycles. The first-order chi connectivity index (χ1) is 8.58. The summed E-state index contributed by atoms with van der Waals surface area (Å²) in [5, 5.41) is 11.6. The van der Waals surface area contributed by atoms with Crippen LogP contribution in [0.2, 0.25) is 0 Å². The maximum absolute atomic E-state index is 12.3. The molecule has 0 unspecified atom stereocenters. The van der Waals surface area contributed by atoms with Gasteiger partial charge in [0.25, 0.3) is 5.91 Å². The van der Waals surface area contributed by atoms with Crippen LogP contribution >= 0.6 is 0 Å². The van der Waals surface area contributed by atoms with Crippen LogP contribution in [0.15, 0.2) is 17.1 Å². The molecule has 18 heavy (non-hydrogen) atoms. The Hall–Kier alpha value is -1.98. The largest absolute Gasteiger partial charge is 0.502 e. The normalized spacial score (nSPS) is 19.1. The summed E-state index contributed by atoms with van der Waals surface area (Å²) in [7, 11) is 1.82. The van der Waals surface area contributed by atoms with Crippen molar-refractivity contribution in [1.82, 2.24) is 9.58 Å². The molecule has 6 heteroatoms. The average Bonchev–Trinajstić information content (AvgIpc) is 3.13. The lowest BCUT2D eigenvalue weighted by molar-refractivity contribution is 0.0685. The number of pyridine rings is 1. The van der Waals surface area contributed by atoms with Crippen LogP contribution in [0.4, 0.5) is 0 Å².